The molecule has 0 atom stereocenters. The predicted octanol–water partition coefficient (Wildman–Crippen LogP) is 2.57. The Morgan fingerprint density at radius 3 is 3.10 bits per heavy atom. The van der Waals surface area contributed by atoms with Crippen LogP contribution in [0.3, 0.4) is 0 Å². The summed E-state index contributed by atoms with van der Waals surface area (Å²) in [5.41, 5.74) is 2.71. The van der Waals surface area contributed by atoms with Crippen molar-refractivity contribution >= 4 is 0 Å². The standard InChI is InChI=1S/C10H9/c1-2-5-9-7-4-8-10(9)6-3-1/h1-2,4-8H,3H2. The molecule has 0 N–H and O–H groups in total. The maximum Gasteiger partial charge on any atom is 0.0128 e. The molecule has 0 aromatic rings. The van der Waals surface area contributed by atoms with Crippen molar-refractivity contribution in [2.75, 3.05) is 0 Å². The van der Waals surface area contributed by atoms with Gasteiger partial charge in [0.15, 0.2) is 0 Å². The molecule has 0 heteroatoms. The van der Waals surface area contributed by atoms with E-state index in [9.17, 15) is 0 Å². The highest BCUT2D eigenvalue weighted by molar-refractivity contribution is 5.55. The Morgan fingerprint density at radius 1 is 1.10 bits per heavy atom. The Bertz CT molecular complexity index is 249. The van der Waals surface area contributed by atoms with Crippen LogP contribution in [0.2, 0.25) is 0 Å². The van der Waals surface area contributed by atoms with Crippen LogP contribution in [0.1, 0.15) is 6.42 Å². The molecule has 10 heavy (non-hydrogen) atoms. The molecule has 0 fully saturated rings. The van der Waals surface area contributed by atoms with Crippen molar-refractivity contribution in [2.45, 2.75) is 6.42 Å². The van der Waals surface area contributed by atoms with Crippen LogP contribution in [-0.4, -0.2) is 0 Å². The third-order valence-corrected chi connectivity index (χ3v) is 1.77. The summed E-state index contributed by atoms with van der Waals surface area (Å²) in [5.74, 6) is 0. The monoisotopic (exact) mass is 129 g/mol. The molecule has 0 bridgehead atoms. The highest BCUT2D eigenvalue weighted by Crippen LogP contribution is 2.24. The first-order valence-electron chi connectivity index (χ1n) is 3.55. The normalized spacial score (nSPS) is 21.6. The molecule has 0 aromatic carbocycles. The maximum atomic E-state index is 2.25. The first-order chi connectivity index (χ1) is 4.97. The van der Waals surface area contributed by atoms with Gasteiger partial charge in [0.1, 0.15) is 0 Å². The Balaban J connectivity index is 2.41. The summed E-state index contributed by atoms with van der Waals surface area (Å²) >= 11 is 0. The first-order valence-corrected chi connectivity index (χ1v) is 3.55. The minimum absolute atomic E-state index is 1.06. The number of allylic oxidation sites excluding steroid dienone is 8. The van der Waals surface area contributed by atoms with Gasteiger partial charge in [-0.25, -0.2) is 0 Å². The molecule has 1 radical (unpaired) electrons. The van der Waals surface area contributed by atoms with Crippen LogP contribution in [0.15, 0.2) is 47.6 Å². The first kappa shape index (κ1) is 5.72. The van der Waals surface area contributed by atoms with Gasteiger partial charge in [-0.05, 0) is 17.6 Å². The average Bonchev–Trinajstić information content (AvgIpc) is 2.28. The van der Waals surface area contributed by atoms with Gasteiger partial charge in [0.25, 0.3) is 0 Å². The Hall–Kier alpha value is -1.04. The Morgan fingerprint density at radius 2 is 2.10 bits per heavy atom. The molecule has 0 amide bonds. The van der Waals surface area contributed by atoms with E-state index in [1.54, 1.807) is 0 Å². The summed E-state index contributed by atoms with van der Waals surface area (Å²) < 4.78 is 0. The van der Waals surface area contributed by atoms with E-state index in [1.165, 1.54) is 11.1 Å². The minimum atomic E-state index is 1.06. The van der Waals surface area contributed by atoms with Crippen LogP contribution in [0.4, 0.5) is 0 Å². The molecule has 0 aromatic heterocycles. The van der Waals surface area contributed by atoms with Gasteiger partial charge in [0.05, 0.1) is 0 Å². The van der Waals surface area contributed by atoms with Gasteiger partial charge >= 0.3 is 0 Å². The highest BCUT2D eigenvalue weighted by Gasteiger charge is 2.06. The minimum Gasteiger partial charge on any atom is -0.0807 e. The van der Waals surface area contributed by atoms with Crippen molar-refractivity contribution in [3.05, 3.63) is 54.0 Å². The number of fused-ring (bicyclic) bond motifs is 1. The lowest BCUT2D eigenvalue weighted by atomic mass is 10.1. The second-order valence-corrected chi connectivity index (χ2v) is 2.47. The van der Waals surface area contributed by atoms with Gasteiger partial charge < -0.3 is 0 Å². The third kappa shape index (κ3) is 0.860. The van der Waals surface area contributed by atoms with Gasteiger partial charge in [-0.1, -0.05) is 36.5 Å². The van der Waals surface area contributed by atoms with E-state index in [2.05, 4.69) is 42.9 Å². The van der Waals surface area contributed by atoms with Crippen molar-refractivity contribution < 1.29 is 0 Å². The molecule has 2 aliphatic rings. The third-order valence-electron chi connectivity index (χ3n) is 1.77. The predicted molar refractivity (Wildman–Crippen MR) is 43.4 cm³/mol. The topological polar surface area (TPSA) is 0 Å². The summed E-state index contributed by atoms with van der Waals surface area (Å²) in [6, 6.07) is 0. The zero-order chi connectivity index (χ0) is 6.81. The smallest absolute Gasteiger partial charge is 0.0128 e. The van der Waals surface area contributed by atoms with Crippen LogP contribution >= 0.6 is 0 Å². The fourth-order valence-corrected chi connectivity index (χ4v) is 1.23. The molecular weight excluding hydrogens is 120 g/mol. The second kappa shape index (κ2) is 2.30. The molecular formula is C10H9. The lowest BCUT2D eigenvalue weighted by molar-refractivity contribution is 1.36. The lowest BCUT2D eigenvalue weighted by Crippen LogP contribution is -1.76. The molecule has 0 unspecified atom stereocenters. The SMILES string of the molecule is [CH]1C=CC2=CC=CCC=C12. The molecule has 2 aliphatic carbocycles. The van der Waals surface area contributed by atoms with Gasteiger partial charge in [0, 0.05) is 6.42 Å². The van der Waals surface area contributed by atoms with Crippen molar-refractivity contribution in [2.24, 2.45) is 0 Å². The average molecular weight is 129 g/mol. The highest BCUT2D eigenvalue weighted by atomic mass is 14.1. The van der Waals surface area contributed by atoms with E-state index in [4.69, 9.17) is 0 Å². The summed E-state index contributed by atoms with van der Waals surface area (Å²) in [6.07, 6.45) is 16.1. The summed E-state index contributed by atoms with van der Waals surface area (Å²) in [7, 11) is 0. The van der Waals surface area contributed by atoms with Gasteiger partial charge in [0.2, 0.25) is 0 Å². The second-order valence-electron chi connectivity index (χ2n) is 2.47. The van der Waals surface area contributed by atoms with Crippen LogP contribution in [-0.2, 0) is 0 Å². The van der Waals surface area contributed by atoms with Gasteiger partial charge in [-0.3, -0.25) is 0 Å². The number of hydrogen-bond donors (Lipinski definition) is 0. The lowest BCUT2D eigenvalue weighted by Gasteiger charge is -1.94. The van der Waals surface area contributed by atoms with Gasteiger partial charge in [-0.2, -0.15) is 0 Å². The molecule has 0 nitrogen and oxygen atoms in total. The fourth-order valence-electron chi connectivity index (χ4n) is 1.23. The van der Waals surface area contributed by atoms with Crippen LogP contribution in [0.5, 0.6) is 0 Å². The molecule has 0 aliphatic heterocycles. The zero-order valence-corrected chi connectivity index (χ0v) is 5.75. The quantitative estimate of drug-likeness (QED) is 0.471. The largest absolute Gasteiger partial charge is 0.0807 e. The molecule has 0 saturated heterocycles. The fraction of sp³-hybridized carbons (Fsp3) is 0.100. The molecule has 2 rings (SSSR count). The van der Waals surface area contributed by atoms with Crippen LogP contribution in [0, 0.1) is 6.42 Å². The van der Waals surface area contributed by atoms with E-state index in [0.29, 0.717) is 0 Å². The molecule has 0 spiro atoms. The van der Waals surface area contributed by atoms with Gasteiger partial charge in [-0.15, -0.1) is 0 Å². The molecule has 0 saturated carbocycles. The summed E-state index contributed by atoms with van der Waals surface area (Å²) in [4.78, 5) is 0. The summed E-state index contributed by atoms with van der Waals surface area (Å²) in [6.45, 7) is 0. The Labute approximate surface area is 61.3 Å². The van der Waals surface area contributed by atoms with E-state index in [-0.39, 0.29) is 0 Å². The van der Waals surface area contributed by atoms with Crippen LogP contribution < -0.4 is 0 Å². The van der Waals surface area contributed by atoms with E-state index in [0.717, 1.165) is 6.42 Å². The summed E-state index contributed by atoms with van der Waals surface area (Å²) in [5, 5.41) is 0. The van der Waals surface area contributed by atoms with E-state index in [1.807, 2.05) is 0 Å². The molecule has 49 valence electrons. The van der Waals surface area contributed by atoms with Crippen molar-refractivity contribution in [3.8, 4) is 0 Å². The van der Waals surface area contributed by atoms with Crippen LogP contribution in [0.25, 0.3) is 0 Å². The van der Waals surface area contributed by atoms with Crippen molar-refractivity contribution in [1.29, 1.82) is 0 Å². The van der Waals surface area contributed by atoms with Crippen molar-refractivity contribution in [1.82, 2.24) is 0 Å². The Kier molecular flexibility index (Phi) is 1.31. The van der Waals surface area contributed by atoms with E-state index < -0.39 is 0 Å². The van der Waals surface area contributed by atoms with Crippen molar-refractivity contribution in [3.63, 3.8) is 0 Å². The molecule has 0 heterocycles. The number of rotatable bonds is 0. The number of hydrogen-bond acceptors (Lipinski definition) is 0. The maximum absolute atomic E-state index is 2.25. The van der Waals surface area contributed by atoms with E-state index >= 15 is 0 Å². The zero-order valence-electron chi connectivity index (χ0n) is 5.75.